The lowest BCUT2D eigenvalue weighted by Gasteiger charge is -2.28. The van der Waals surface area contributed by atoms with E-state index in [2.05, 4.69) is 27.7 Å². The number of carbonyl (C=O) groups excluding carboxylic acids is 1. The van der Waals surface area contributed by atoms with Crippen LogP contribution in [0.15, 0.2) is 0 Å². The fourth-order valence-corrected chi connectivity index (χ4v) is 2.22. The van der Waals surface area contributed by atoms with Gasteiger partial charge in [-0.15, -0.1) is 0 Å². The van der Waals surface area contributed by atoms with Gasteiger partial charge in [-0.2, -0.15) is 0 Å². The van der Waals surface area contributed by atoms with Gasteiger partial charge < -0.3 is 10.6 Å². The highest BCUT2D eigenvalue weighted by atomic mass is 16.2. The number of amides is 1. The van der Waals surface area contributed by atoms with Gasteiger partial charge in [-0.05, 0) is 24.2 Å². The Morgan fingerprint density at radius 3 is 2.65 bits per heavy atom. The van der Waals surface area contributed by atoms with Crippen LogP contribution in [0.25, 0.3) is 0 Å². The van der Waals surface area contributed by atoms with Crippen molar-refractivity contribution in [3.63, 3.8) is 0 Å². The summed E-state index contributed by atoms with van der Waals surface area (Å²) in [6, 6.07) is 0.116. The zero-order valence-electron chi connectivity index (χ0n) is 11.8. The molecule has 2 N–H and O–H groups in total. The molecule has 2 unspecified atom stereocenters. The maximum atomic E-state index is 12.0. The minimum Gasteiger partial charge on any atom is -0.341 e. The Hall–Kier alpha value is -0.570. The van der Waals surface area contributed by atoms with E-state index in [-0.39, 0.29) is 11.9 Å². The largest absolute Gasteiger partial charge is 0.341 e. The minimum absolute atomic E-state index is 0.116. The fraction of sp³-hybridized carbons (Fsp3) is 0.929. The fourth-order valence-electron chi connectivity index (χ4n) is 2.22. The van der Waals surface area contributed by atoms with Crippen LogP contribution in [0.1, 0.15) is 53.4 Å². The summed E-state index contributed by atoms with van der Waals surface area (Å²) in [5.41, 5.74) is 6.44. The molecular formula is C14H28N2O. The molecule has 0 aliphatic carbocycles. The molecule has 1 rings (SSSR count). The molecule has 1 amide bonds. The van der Waals surface area contributed by atoms with E-state index in [4.69, 9.17) is 5.73 Å². The van der Waals surface area contributed by atoms with Crippen LogP contribution in [0.3, 0.4) is 0 Å². The van der Waals surface area contributed by atoms with Gasteiger partial charge in [-0.1, -0.05) is 34.1 Å². The topological polar surface area (TPSA) is 46.3 Å². The van der Waals surface area contributed by atoms with Gasteiger partial charge in [0.2, 0.25) is 5.91 Å². The molecule has 0 radical (unpaired) electrons. The standard InChI is InChI=1S/C14H28N2O/c1-5-11(2)12(15)10-16-9-8-14(3,4)7-6-13(16)17/h11-12H,5-10,15H2,1-4H3. The summed E-state index contributed by atoms with van der Waals surface area (Å²) in [7, 11) is 0. The molecule has 0 aromatic rings. The van der Waals surface area contributed by atoms with Crippen molar-refractivity contribution < 1.29 is 4.79 Å². The molecule has 100 valence electrons. The minimum atomic E-state index is 0.116. The van der Waals surface area contributed by atoms with E-state index in [1.165, 1.54) is 0 Å². The number of hydrogen-bond acceptors (Lipinski definition) is 2. The van der Waals surface area contributed by atoms with Gasteiger partial charge in [0, 0.05) is 25.6 Å². The second-order valence-corrected chi connectivity index (χ2v) is 6.30. The Morgan fingerprint density at radius 2 is 2.06 bits per heavy atom. The number of nitrogens with two attached hydrogens (primary N) is 1. The first kappa shape index (κ1) is 14.5. The lowest BCUT2D eigenvalue weighted by atomic mass is 9.85. The van der Waals surface area contributed by atoms with Gasteiger partial charge >= 0.3 is 0 Å². The summed E-state index contributed by atoms with van der Waals surface area (Å²) in [5, 5.41) is 0. The lowest BCUT2D eigenvalue weighted by Crippen LogP contribution is -2.44. The third-order valence-electron chi connectivity index (χ3n) is 4.23. The van der Waals surface area contributed by atoms with E-state index < -0.39 is 0 Å². The SMILES string of the molecule is CCC(C)C(N)CN1CCC(C)(C)CCC1=O. The molecule has 1 saturated heterocycles. The van der Waals surface area contributed by atoms with Crippen molar-refractivity contribution in [2.45, 2.75) is 59.4 Å². The van der Waals surface area contributed by atoms with Crippen molar-refractivity contribution in [1.82, 2.24) is 4.90 Å². The van der Waals surface area contributed by atoms with Crippen molar-refractivity contribution in [2.24, 2.45) is 17.1 Å². The third kappa shape index (κ3) is 4.30. The Labute approximate surface area is 106 Å². The molecule has 1 heterocycles. The molecule has 3 heteroatoms. The first-order valence-electron chi connectivity index (χ1n) is 6.89. The highest BCUT2D eigenvalue weighted by molar-refractivity contribution is 5.76. The molecule has 0 saturated carbocycles. The van der Waals surface area contributed by atoms with E-state index in [9.17, 15) is 4.79 Å². The van der Waals surface area contributed by atoms with Crippen LogP contribution in [0.5, 0.6) is 0 Å². The summed E-state index contributed by atoms with van der Waals surface area (Å²) >= 11 is 0. The van der Waals surface area contributed by atoms with Gasteiger partial charge in [0.15, 0.2) is 0 Å². The molecule has 2 atom stereocenters. The first-order valence-corrected chi connectivity index (χ1v) is 6.89. The molecule has 1 aliphatic heterocycles. The van der Waals surface area contributed by atoms with Crippen LogP contribution in [-0.4, -0.2) is 29.9 Å². The molecule has 1 fully saturated rings. The Morgan fingerprint density at radius 1 is 1.41 bits per heavy atom. The van der Waals surface area contributed by atoms with E-state index >= 15 is 0 Å². The van der Waals surface area contributed by atoms with Crippen molar-refractivity contribution >= 4 is 5.91 Å². The van der Waals surface area contributed by atoms with E-state index in [1.807, 2.05) is 4.90 Å². The predicted molar refractivity (Wildman–Crippen MR) is 71.6 cm³/mol. The summed E-state index contributed by atoms with van der Waals surface area (Å²) in [6.07, 6.45) is 3.85. The average molecular weight is 240 g/mol. The zero-order chi connectivity index (χ0) is 13.1. The summed E-state index contributed by atoms with van der Waals surface area (Å²) in [6.45, 7) is 10.4. The number of likely N-dealkylation sites (tertiary alicyclic amines) is 1. The molecular weight excluding hydrogens is 212 g/mol. The maximum absolute atomic E-state index is 12.0. The van der Waals surface area contributed by atoms with Crippen LogP contribution in [-0.2, 0) is 4.79 Å². The molecule has 0 spiro atoms. The second-order valence-electron chi connectivity index (χ2n) is 6.30. The van der Waals surface area contributed by atoms with Gasteiger partial charge in [-0.25, -0.2) is 0 Å². The highest BCUT2D eigenvalue weighted by Gasteiger charge is 2.28. The maximum Gasteiger partial charge on any atom is 0.222 e. The van der Waals surface area contributed by atoms with Crippen molar-refractivity contribution in [3.05, 3.63) is 0 Å². The Bertz CT molecular complexity index is 263. The van der Waals surface area contributed by atoms with Gasteiger partial charge in [0.25, 0.3) is 0 Å². The number of rotatable bonds is 4. The molecule has 0 bridgehead atoms. The molecule has 0 aromatic heterocycles. The monoisotopic (exact) mass is 240 g/mol. The van der Waals surface area contributed by atoms with Crippen LogP contribution < -0.4 is 5.73 Å². The van der Waals surface area contributed by atoms with E-state index in [0.29, 0.717) is 17.8 Å². The van der Waals surface area contributed by atoms with Crippen molar-refractivity contribution in [2.75, 3.05) is 13.1 Å². The van der Waals surface area contributed by atoms with Gasteiger partial charge in [0.1, 0.15) is 0 Å². The van der Waals surface area contributed by atoms with E-state index in [1.54, 1.807) is 0 Å². The molecule has 1 aliphatic rings. The van der Waals surface area contributed by atoms with Crippen LogP contribution in [0.2, 0.25) is 0 Å². The Balaban J connectivity index is 2.55. The van der Waals surface area contributed by atoms with Gasteiger partial charge in [-0.3, -0.25) is 4.79 Å². The number of nitrogens with zero attached hydrogens (tertiary/aromatic N) is 1. The second kappa shape index (κ2) is 5.85. The van der Waals surface area contributed by atoms with Crippen molar-refractivity contribution in [3.8, 4) is 0 Å². The molecule has 3 nitrogen and oxygen atoms in total. The average Bonchev–Trinajstić information content (AvgIpc) is 2.41. The summed E-state index contributed by atoms with van der Waals surface area (Å²) < 4.78 is 0. The van der Waals surface area contributed by atoms with Crippen LogP contribution in [0.4, 0.5) is 0 Å². The zero-order valence-corrected chi connectivity index (χ0v) is 11.8. The Kier molecular flexibility index (Phi) is 4.99. The lowest BCUT2D eigenvalue weighted by molar-refractivity contribution is -0.131. The normalized spacial score (nSPS) is 24.3. The van der Waals surface area contributed by atoms with Crippen LogP contribution >= 0.6 is 0 Å². The smallest absolute Gasteiger partial charge is 0.222 e. The molecule has 17 heavy (non-hydrogen) atoms. The number of hydrogen-bond donors (Lipinski definition) is 1. The predicted octanol–water partition coefficient (Wildman–Crippen LogP) is 2.40. The van der Waals surface area contributed by atoms with Crippen molar-refractivity contribution in [1.29, 1.82) is 0 Å². The highest BCUT2D eigenvalue weighted by Crippen LogP contribution is 2.30. The molecule has 0 aromatic carbocycles. The third-order valence-corrected chi connectivity index (χ3v) is 4.23. The summed E-state index contributed by atoms with van der Waals surface area (Å²) in [5.74, 6) is 0.772. The van der Waals surface area contributed by atoms with Gasteiger partial charge in [0.05, 0.1) is 0 Å². The number of carbonyl (C=O) groups is 1. The van der Waals surface area contributed by atoms with Crippen LogP contribution in [0, 0.1) is 11.3 Å². The summed E-state index contributed by atoms with van der Waals surface area (Å²) in [4.78, 5) is 14.0. The first-order chi connectivity index (χ1) is 7.85. The van der Waals surface area contributed by atoms with E-state index in [0.717, 1.165) is 32.4 Å². The quantitative estimate of drug-likeness (QED) is 0.820.